The molecule has 0 radical (unpaired) electrons. The molecule has 3 aromatic rings. The van der Waals surface area contributed by atoms with Crippen LogP contribution in [-0.2, 0) is 0 Å². The van der Waals surface area contributed by atoms with E-state index in [2.05, 4.69) is 15.4 Å². The number of hydrogen-bond donors (Lipinski definition) is 1. The molecule has 1 N–H and O–H groups in total. The molecule has 0 atom stereocenters. The predicted molar refractivity (Wildman–Crippen MR) is 76.6 cm³/mol. The van der Waals surface area contributed by atoms with Gasteiger partial charge in [0.15, 0.2) is 0 Å². The fourth-order valence-corrected chi connectivity index (χ4v) is 2.04. The molecule has 0 aliphatic carbocycles. The fraction of sp³-hybridized carbons (Fsp3) is 0. The summed E-state index contributed by atoms with van der Waals surface area (Å²) in [5.41, 5.74) is 1.11. The molecule has 0 bridgehead atoms. The Balaban J connectivity index is 2.08. The van der Waals surface area contributed by atoms with Crippen molar-refractivity contribution in [1.29, 1.82) is 0 Å². The largest absolute Gasteiger partial charge is 0.478 e. The number of carboxylic acid groups (broad SMARTS) is 1. The zero-order chi connectivity index (χ0) is 14.8. The molecule has 0 aliphatic rings. The van der Waals surface area contributed by atoms with Crippen LogP contribution in [0.1, 0.15) is 10.4 Å². The topological polar surface area (TPSA) is 80.9 Å². The number of carbonyl (C=O) groups is 1. The molecular weight excluding hydrogens is 292 g/mol. The fourth-order valence-electron chi connectivity index (χ4n) is 1.87. The zero-order valence-corrected chi connectivity index (χ0v) is 11.4. The molecule has 0 amide bonds. The molecule has 104 valence electrons. The molecule has 1 aromatic heterocycles. The second-order valence-corrected chi connectivity index (χ2v) is 4.67. The normalized spacial score (nSPS) is 10.5. The lowest BCUT2D eigenvalue weighted by atomic mass is 10.2. The van der Waals surface area contributed by atoms with Crippen LogP contribution in [0, 0.1) is 0 Å². The second kappa shape index (κ2) is 5.34. The summed E-state index contributed by atoms with van der Waals surface area (Å²) in [5, 5.41) is 21.7. The zero-order valence-electron chi connectivity index (χ0n) is 10.6. The summed E-state index contributed by atoms with van der Waals surface area (Å²) >= 11 is 5.91. The average molecular weight is 301 g/mol. The molecule has 0 saturated carbocycles. The lowest BCUT2D eigenvalue weighted by Gasteiger charge is -2.04. The third kappa shape index (κ3) is 2.61. The average Bonchev–Trinajstić information content (AvgIpc) is 2.97. The number of aromatic nitrogens is 4. The van der Waals surface area contributed by atoms with Crippen LogP contribution in [0.4, 0.5) is 0 Å². The number of carboxylic acids is 1. The summed E-state index contributed by atoms with van der Waals surface area (Å²) in [6, 6.07) is 13.7. The van der Waals surface area contributed by atoms with Gasteiger partial charge in [-0.25, -0.2) is 4.79 Å². The van der Waals surface area contributed by atoms with Gasteiger partial charge in [-0.1, -0.05) is 41.9 Å². The molecule has 6 nitrogen and oxygen atoms in total. The van der Waals surface area contributed by atoms with Crippen molar-refractivity contribution in [1.82, 2.24) is 20.2 Å². The van der Waals surface area contributed by atoms with Gasteiger partial charge in [0.1, 0.15) is 5.69 Å². The van der Waals surface area contributed by atoms with Crippen LogP contribution in [0.15, 0.2) is 48.5 Å². The first kappa shape index (κ1) is 13.3. The summed E-state index contributed by atoms with van der Waals surface area (Å²) in [7, 11) is 0. The quantitative estimate of drug-likeness (QED) is 0.804. The van der Waals surface area contributed by atoms with Crippen molar-refractivity contribution in [3.05, 3.63) is 59.1 Å². The van der Waals surface area contributed by atoms with Gasteiger partial charge in [0.05, 0.1) is 5.56 Å². The Hall–Kier alpha value is -2.73. The van der Waals surface area contributed by atoms with E-state index < -0.39 is 5.97 Å². The van der Waals surface area contributed by atoms with E-state index in [4.69, 9.17) is 11.6 Å². The summed E-state index contributed by atoms with van der Waals surface area (Å²) < 4.78 is 0. The highest BCUT2D eigenvalue weighted by Gasteiger charge is 2.15. The maximum atomic E-state index is 11.3. The van der Waals surface area contributed by atoms with Gasteiger partial charge in [-0.3, -0.25) is 0 Å². The lowest BCUT2D eigenvalue weighted by molar-refractivity contribution is 0.0696. The van der Waals surface area contributed by atoms with Crippen molar-refractivity contribution in [2.45, 2.75) is 0 Å². The van der Waals surface area contributed by atoms with Gasteiger partial charge in [-0.15, -0.1) is 15.0 Å². The first-order valence-corrected chi connectivity index (χ1v) is 6.41. The monoisotopic (exact) mass is 300 g/mol. The molecule has 0 saturated heterocycles. The van der Waals surface area contributed by atoms with Gasteiger partial charge < -0.3 is 5.11 Å². The summed E-state index contributed by atoms with van der Waals surface area (Å²) in [6.07, 6.45) is 0. The van der Waals surface area contributed by atoms with E-state index >= 15 is 0 Å². The van der Waals surface area contributed by atoms with Crippen LogP contribution >= 0.6 is 11.6 Å². The summed E-state index contributed by atoms with van der Waals surface area (Å²) in [5.74, 6) is -0.674. The number of nitrogens with zero attached hydrogens (tertiary/aromatic N) is 4. The molecule has 0 spiro atoms. The van der Waals surface area contributed by atoms with Crippen LogP contribution in [0.25, 0.3) is 17.1 Å². The highest BCUT2D eigenvalue weighted by molar-refractivity contribution is 6.30. The highest BCUT2D eigenvalue weighted by Crippen LogP contribution is 2.20. The van der Waals surface area contributed by atoms with E-state index in [-0.39, 0.29) is 11.3 Å². The molecule has 0 unspecified atom stereocenters. The van der Waals surface area contributed by atoms with E-state index in [1.807, 2.05) is 30.3 Å². The highest BCUT2D eigenvalue weighted by atomic mass is 35.5. The summed E-state index contributed by atoms with van der Waals surface area (Å²) in [4.78, 5) is 12.4. The van der Waals surface area contributed by atoms with E-state index in [0.29, 0.717) is 10.8 Å². The number of aromatic carboxylic acids is 1. The minimum atomic E-state index is -1.08. The maximum Gasteiger partial charge on any atom is 0.337 e. The second-order valence-electron chi connectivity index (χ2n) is 4.24. The van der Waals surface area contributed by atoms with Crippen molar-refractivity contribution in [3.63, 3.8) is 0 Å². The molecule has 21 heavy (non-hydrogen) atoms. The van der Waals surface area contributed by atoms with Crippen molar-refractivity contribution in [2.75, 3.05) is 0 Å². The molecule has 7 heteroatoms. The van der Waals surface area contributed by atoms with Gasteiger partial charge in [0.2, 0.25) is 5.82 Å². The van der Waals surface area contributed by atoms with Crippen molar-refractivity contribution in [2.24, 2.45) is 0 Å². The number of rotatable bonds is 3. The Bertz CT molecular complexity index is 802. The Morgan fingerprint density at radius 1 is 1.14 bits per heavy atom. The van der Waals surface area contributed by atoms with Crippen molar-refractivity contribution >= 4 is 17.6 Å². The molecule has 0 fully saturated rings. The predicted octanol–water partition coefficient (Wildman–Crippen LogP) is 2.68. The third-order valence-electron chi connectivity index (χ3n) is 2.85. The maximum absolute atomic E-state index is 11.3. The Labute approximate surface area is 124 Å². The van der Waals surface area contributed by atoms with Crippen LogP contribution in [-0.4, -0.2) is 31.3 Å². The standard InChI is InChI=1S/C14H9ClN4O2/c15-10-6-7-11(14(20)21)12(8-10)19-17-13(16-18-19)9-4-2-1-3-5-9/h1-8H,(H,20,21). The van der Waals surface area contributed by atoms with Gasteiger partial charge in [0.25, 0.3) is 0 Å². The Kier molecular flexibility index (Phi) is 3.37. The van der Waals surface area contributed by atoms with E-state index in [0.717, 1.165) is 10.4 Å². The van der Waals surface area contributed by atoms with Crippen LogP contribution in [0.2, 0.25) is 5.02 Å². The lowest BCUT2D eigenvalue weighted by Crippen LogP contribution is -2.08. The molecule has 1 heterocycles. The van der Waals surface area contributed by atoms with Crippen LogP contribution in [0.5, 0.6) is 0 Å². The van der Waals surface area contributed by atoms with Gasteiger partial charge in [-0.05, 0) is 23.4 Å². The number of tetrazole rings is 1. The summed E-state index contributed by atoms with van der Waals surface area (Å²) in [6.45, 7) is 0. The third-order valence-corrected chi connectivity index (χ3v) is 3.09. The van der Waals surface area contributed by atoms with Gasteiger partial charge in [0, 0.05) is 10.6 Å². The van der Waals surface area contributed by atoms with Crippen molar-refractivity contribution in [3.8, 4) is 17.1 Å². The molecular formula is C14H9ClN4O2. The van der Waals surface area contributed by atoms with Gasteiger partial charge >= 0.3 is 5.97 Å². The Morgan fingerprint density at radius 3 is 2.62 bits per heavy atom. The number of benzene rings is 2. The van der Waals surface area contributed by atoms with E-state index in [1.165, 1.54) is 18.2 Å². The first-order valence-electron chi connectivity index (χ1n) is 6.04. The van der Waals surface area contributed by atoms with Crippen LogP contribution in [0.3, 0.4) is 0 Å². The SMILES string of the molecule is O=C(O)c1ccc(Cl)cc1-n1nnc(-c2ccccc2)n1. The van der Waals surface area contributed by atoms with Gasteiger partial charge in [-0.2, -0.15) is 0 Å². The number of halogens is 1. The van der Waals surface area contributed by atoms with Crippen molar-refractivity contribution < 1.29 is 9.90 Å². The van der Waals surface area contributed by atoms with E-state index in [9.17, 15) is 9.90 Å². The smallest absolute Gasteiger partial charge is 0.337 e. The first-order chi connectivity index (χ1) is 10.1. The number of hydrogen-bond acceptors (Lipinski definition) is 4. The molecule has 3 rings (SSSR count). The molecule has 2 aromatic carbocycles. The van der Waals surface area contributed by atoms with E-state index in [1.54, 1.807) is 0 Å². The Morgan fingerprint density at radius 2 is 1.90 bits per heavy atom. The minimum absolute atomic E-state index is 0.0522. The molecule has 0 aliphatic heterocycles. The minimum Gasteiger partial charge on any atom is -0.478 e. The van der Waals surface area contributed by atoms with Crippen LogP contribution < -0.4 is 0 Å².